The van der Waals surface area contributed by atoms with E-state index in [0.29, 0.717) is 6.54 Å². The van der Waals surface area contributed by atoms with E-state index in [4.69, 9.17) is 4.74 Å². The van der Waals surface area contributed by atoms with Crippen molar-refractivity contribution >= 4 is 21.4 Å². The lowest BCUT2D eigenvalue weighted by atomic mass is 10.1. The third kappa shape index (κ3) is 3.74. The van der Waals surface area contributed by atoms with E-state index in [1.807, 2.05) is 0 Å². The Morgan fingerprint density at radius 3 is 3.00 bits per heavy atom. The minimum absolute atomic E-state index is 0.199. The number of ether oxygens (including phenoxy) is 1. The average molecular weight is 290 g/mol. The van der Waals surface area contributed by atoms with E-state index in [0.717, 1.165) is 30.9 Å². The molecule has 18 heavy (non-hydrogen) atoms. The quantitative estimate of drug-likeness (QED) is 0.896. The van der Waals surface area contributed by atoms with E-state index in [1.54, 1.807) is 6.92 Å². The van der Waals surface area contributed by atoms with Crippen LogP contribution in [0.1, 0.15) is 30.7 Å². The van der Waals surface area contributed by atoms with Crippen LogP contribution in [0.25, 0.3) is 0 Å². The second kappa shape index (κ2) is 6.10. The number of nitrogens with zero attached hydrogens (tertiary/aromatic N) is 1. The summed E-state index contributed by atoms with van der Waals surface area (Å²) in [4.78, 5) is 3.96. The van der Waals surface area contributed by atoms with E-state index >= 15 is 0 Å². The molecule has 1 aliphatic heterocycles. The molecule has 1 aromatic rings. The van der Waals surface area contributed by atoms with Crippen LogP contribution in [0.5, 0.6) is 0 Å². The Balaban J connectivity index is 1.82. The topological polar surface area (TPSA) is 68.3 Å². The molecule has 1 N–H and O–H groups in total. The maximum Gasteiger partial charge on any atom is 0.251 e. The number of aromatic nitrogens is 1. The highest BCUT2D eigenvalue weighted by Gasteiger charge is 2.18. The Bertz CT molecular complexity index is 478. The Morgan fingerprint density at radius 2 is 2.39 bits per heavy atom. The van der Waals surface area contributed by atoms with Gasteiger partial charge in [0.2, 0.25) is 0 Å². The lowest BCUT2D eigenvalue weighted by Gasteiger charge is -2.22. The standard InChI is InChI=1S/C11H18N2O3S2/c1-9-12-8-11(17-9)18(14,15)13-6-5-10-4-2-3-7-16-10/h8,10,13H,2-7H2,1H3. The van der Waals surface area contributed by atoms with Crippen LogP contribution in [0.2, 0.25) is 0 Å². The smallest absolute Gasteiger partial charge is 0.251 e. The highest BCUT2D eigenvalue weighted by Crippen LogP contribution is 2.18. The fourth-order valence-electron chi connectivity index (χ4n) is 1.93. The minimum Gasteiger partial charge on any atom is -0.378 e. The molecule has 0 bridgehead atoms. The van der Waals surface area contributed by atoms with Crippen LogP contribution < -0.4 is 4.72 Å². The van der Waals surface area contributed by atoms with Crippen molar-refractivity contribution in [3.8, 4) is 0 Å². The molecule has 2 rings (SSSR count). The molecule has 0 aliphatic carbocycles. The van der Waals surface area contributed by atoms with Gasteiger partial charge < -0.3 is 4.74 Å². The molecule has 102 valence electrons. The largest absolute Gasteiger partial charge is 0.378 e. The van der Waals surface area contributed by atoms with Crippen LogP contribution in [0, 0.1) is 6.92 Å². The Labute approximate surface area is 112 Å². The third-order valence-corrected chi connectivity index (χ3v) is 5.73. The van der Waals surface area contributed by atoms with Gasteiger partial charge in [-0.3, -0.25) is 0 Å². The number of hydrogen-bond acceptors (Lipinski definition) is 5. The number of aryl methyl sites for hydroxylation is 1. The lowest BCUT2D eigenvalue weighted by molar-refractivity contribution is 0.0123. The van der Waals surface area contributed by atoms with Crippen LogP contribution in [-0.4, -0.2) is 32.7 Å². The molecule has 0 amide bonds. The summed E-state index contributed by atoms with van der Waals surface area (Å²) in [7, 11) is -3.39. The lowest BCUT2D eigenvalue weighted by Crippen LogP contribution is -2.29. The van der Waals surface area contributed by atoms with Crippen molar-refractivity contribution in [2.45, 2.75) is 42.9 Å². The van der Waals surface area contributed by atoms with Crippen molar-refractivity contribution in [1.82, 2.24) is 9.71 Å². The van der Waals surface area contributed by atoms with E-state index in [1.165, 1.54) is 24.0 Å². The molecule has 1 unspecified atom stereocenters. The molecule has 1 aliphatic rings. The molecular weight excluding hydrogens is 272 g/mol. The summed E-state index contributed by atoms with van der Waals surface area (Å²) in [6, 6.07) is 0. The first-order valence-corrected chi connectivity index (χ1v) is 8.41. The second-order valence-corrected chi connectivity index (χ2v) is 7.60. The van der Waals surface area contributed by atoms with E-state index in [2.05, 4.69) is 9.71 Å². The van der Waals surface area contributed by atoms with Gasteiger partial charge in [-0.2, -0.15) is 0 Å². The van der Waals surface area contributed by atoms with Gasteiger partial charge in [0.05, 0.1) is 17.3 Å². The minimum atomic E-state index is -3.39. The van der Waals surface area contributed by atoms with Gasteiger partial charge in [0.15, 0.2) is 4.21 Å². The van der Waals surface area contributed by atoms with Gasteiger partial charge in [-0.1, -0.05) is 0 Å². The average Bonchev–Trinajstić information content (AvgIpc) is 2.78. The number of rotatable bonds is 5. The Morgan fingerprint density at radius 1 is 1.56 bits per heavy atom. The van der Waals surface area contributed by atoms with E-state index in [9.17, 15) is 8.42 Å². The molecule has 1 atom stereocenters. The maximum atomic E-state index is 11.9. The van der Waals surface area contributed by atoms with Crippen LogP contribution in [-0.2, 0) is 14.8 Å². The summed E-state index contributed by atoms with van der Waals surface area (Å²) in [5.41, 5.74) is 0. The molecule has 1 fully saturated rings. The van der Waals surface area contributed by atoms with Crippen molar-refractivity contribution in [2.75, 3.05) is 13.2 Å². The molecule has 0 saturated carbocycles. The first-order valence-electron chi connectivity index (χ1n) is 6.11. The molecule has 1 saturated heterocycles. The van der Waals surface area contributed by atoms with E-state index < -0.39 is 10.0 Å². The monoisotopic (exact) mass is 290 g/mol. The molecular formula is C11H18N2O3S2. The van der Waals surface area contributed by atoms with Crippen molar-refractivity contribution in [3.05, 3.63) is 11.2 Å². The van der Waals surface area contributed by atoms with Crippen molar-refractivity contribution in [1.29, 1.82) is 0 Å². The molecule has 0 spiro atoms. The molecule has 0 radical (unpaired) electrons. The molecule has 2 heterocycles. The summed E-state index contributed by atoms with van der Waals surface area (Å²) in [5, 5.41) is 0.756. The Kier molecular flexibility index (Phi) is 4.71. The molecule has 1 aromatic heterocycles. The normalized spacial score (nSPS) is 21.1. The zero-order valence-corrected chi connectivity index (χ0v) is 12.0. The van der Waals surface area contributed by atoms with Crippen LogP contribution >= 0.6 is 11.3 Å². The van der Waals surface area contributed by atoms with Gasteiger partial charge in [0.25, 0.3) is 10.0 Å². The number of thiazole rings is 1. The summed E-state index contributed by atoms with van der Waals surface area (Å²) in [6.45, 7) is 3.01. The fraction of sp³-hybridized carbons (Fsp3) is 0.727. The van der Waals surface area contributed by atoms with Gasteiger partial charge in [0.1, 0.15) is 0 Å². The van der Waals surface area contributed by atoms with Gasteiger partial charge in [0, 0.05) is 13.2 Å². The van der Waals surface area contributed by atoms with E-state index in [-0.39, 0.29) is 10.3 Å². The highest BCUT2D eigenvalue weighted by molar-refractivity contribution is 7.91. The van der Waals surface area contributed by atoms with Gasteiger partial charge in [-0.15, -0.1) is 11.3 Å². The maximum absolute atomic E-state index is 11.9. The zero-order valence-electron chi connectivity index (χ0n) is 10.4. The first-order chi connectivity index (χ1) is 8.58. The summed E-state index contributed by atoms with van der Waals surface area (Å²) >= 11 is 1.19. The summed E-state index contributed by atoms with van der Waals surface area (Å²) < 4.78 is 32.2. The number of hydrogen-bond donors (Lipinski definition) is 1. The summed E-state index contributed by atoms with van der Waals surface area (Å²) in [6.07, 6.45) is 5.65. The predicted octanol–water partition coefficient (Wildman–Crippen LogP) is 1.69. The molecule has 0 aromatic carbocycles. The van der Waals surface area contributed by atoms with Crippen LogP contribution in [0.3, 0.4) is 0 Å². The highest BCUT2D eigenvalue weighted by atomic mass is 32.2. The number of sulfonamides is 1. The fourth-order valence-corrected chi connectivity index (χ4v) is 4.13. The zero-order chi connectivity index (χ0) is 13.0. The van der Waals surface area contributed by atoms with Crippen molar-refractivity contribution in [3.63, 3.8) is 0 Å². The first kappa shape index (κ1) is 13.9. The van der Waals surface area contributed by atoms with Gasteiger partial charge in [-0.05, 0) is 32.6 Å². The van der Waals surface area contributed by atoms with Crippen molar-refractivity contribution in [2.24, 2.45) is 0 Å². The van der Waals surface area contributed by atoms with Gasteiger partial charge in [-0.25, -0.2) is 18.1 Å². The van der Waals surface area contributed by atoms with Crippen LogP contribution in [0.4, 0.5) is 0 Å². The molecule has 7 heteroatoms. The van der Waals surface area contributed by atoms with Crippen molar-refractivity contribution < 1.29 is 13.2 Å². The van der Waals surface area contributed by atoms with Gasteiger partial charge >= 0.3 is 0 Å². The SMILES string of the molecule is Cc1ncc(S(=O)(=O)NCCC2CCCCO2)s1. The Hall–Kier alpha value is -0.500. The second-order valence-electron chi connectivity index (χ2n) is 4.37. The summed E-state index contributed by atoms with van der Waals surface area (Å²) in [5.74, 6) is 0. The van der Waals surface area contributed by atoms with Crippen LogP contribution in [0.15, 0.2) is 10.4 Å². The number of nitrogens with one attached hydrogen (secondary N) is 1. The predicted molar refractivity (Wildman–Crippen MR) is 70.2 cm³/mol. The molecule has 5 nitrogen and oxygen atoms in total. The third-order valence-electron chi connectivity index (χ3n) is 2.90.